The maximum Gasteiger partial charge on any atom is 0.365 e. The van der Waals surface area contributed by atoms with Crippen LogP contribution < -0.4 is 5.32 Å². The molecule has 1 aromatic heterocycles. The van der Waals surface area contributed by atoms with E-state index in [1.54, 1.807) is 21.0 Å². The van der Waals surface area contributed by atoms with Crippen molar-refractivity contribution in [2.75, 3.05) is 13.7 Å². The zero-order valence-corrected chi connectivity index (χ0v) is 10.6. The molecule has 2 N–H and O–H groups in total. The number of carbonyl (C=O) groups is 2. The molecule has 17 heavy (non-hydrogen) atoms. The minimum absolute atomic E-state index is 0.0975. The Kier molecular flexibility index (Phi) is 4.19. The highest BCUT2D eigenvalue weighted by molar-refractivity contribution is 7.11. The predicted octanol–water partition coefficient (Wildman–Crippen LogP) is 0.996. The predicted molar refractivity (Wildman–Crippen MR) is 62.5 cm³/mol. The molecule has 0 atom stereocenters. The fourth-order valence-electron chi connectivity index (χ4n) is 1.24. The molecular formula is C10H14N2O4S. The third-order valence-electron chi connectivity index (χ3n) is 1.88. The van der Waals surface area contributed by atoms with Gasteiger partial charge in [0.2, 0.25) is 5.01 Å². The van der Waals surface area contributed by atoms with Crippen LogP contribution in [0.25, 0.3) is 0 Å². The van der Waals surface area contributed by atoms with E-state index in [1.165, 1.54) is 5.38 Å². The molecule has 6 nitrogen and oxygen atoms in total. The molecule has 1 rings (SSSR count). The van der Waals surface area contributed by atoms with Crippen molar-refractivity contribution in [1.29, 1.82) is 0 Å². The third kappa shape index (κ3) is 3.79. The highest BCUT2D eigenvalue weighted by Crippen LogP contribution is 2.11. The monoisotopic (exact) mass is 258 g/mol. The number of amides is 1. The summed E-state index contributed by atoms with van der Waals surface area (Å²) in [6.45, 7) is 3.96. The molecule has 0 unspecified atom stereocenters. The Morgan fingerprint density at radius 3 is 2.71 bits per heavy atom. The highest BCUT2D eigenvalue weighted by Gasteiger charge is 2.23. The number of thiazole rings is 1. The zero-order chi connectivity index (χ0) is 13.1. The molecule has 1 aromatic rings. The summed E-state index contributed by atoms with van der Waals surface area (Å²) in [7, 11) is 1.54. The van der Waals surface area contributed by atoms with Crippen LogP contribution in [0.4, 0.5) is 0 Å². The second kappa shape index (κ2) is 5.24. The van der Waals surface area contributed by atoms with Gasteiger partial charge in [-0.1, -0.05) is 0 Å². The largest absolute Gasteiger partial charge is 0.476 e. The van der Waals surface area contributed by atoms with Gasteiger partial charge in [0.05, 0.1) is 12.1 Å². The number of rotatable bonds is 5. The lowest BCUT2D eigenvalue weighted by Crippen LogP contribution is -2.46. The molecule has 0 bridgehead atoms. The lowest BCUT2D eigenvalue weighted by molar-refractivity contribution is 0.0696. The van der Waals surface area contributed by atoms with Gasteiger partial charge in [0.15, 0.2) is 0 Å². The van der Waals surface area contributed by atoms with Crippen molar-refractivity contribution >= 4 is 23.2 Å². The molecule has 7 heteroatoms. The molecule has 0 aliphatic heterocycles. The number of nitrogens with zero attached hydrogens (tertiary/aromatic N) is 1. The molecule has 0 aliphatic rings. The second-order valence-electron chi connectivity index (χ2n) is 4.11. The maximum atomic E-state index is 11.8. The van der Waals surface area contributed by atoms with Crippen LogP contribution in [0.1, 0.15) is 34.1 Å². The van der Waals surface area contributed by atoms with Crippen LogP contribution in [0.3, 0.4) is 0 Å². The van der Waals surface area contributed by atoms with Crippen LogP contribution >= 0.6 is 11.3 Å². The van der Waals surface area contributed by atoms with Crippen molar-refractivity contribution in [2.45, 2.75) is 19.4 Å². The summed E-state index contributed by atoms with van der Waals surface area (Å²) in [4.78, 5) is 26.1. The van der Waals surface area contributed by atoms with Gasteiger partial charge in [-0.05, 0) is 13.8 Å². The normalized spacial score (nSPS) is 11.2. The number of ether oxygens (including phenoxy) is 1. The van der Waals surface area contributed by atoms with E-state index in [4.69, 9.17) is 9.84 Å². The number of nitrogens with one attached hydrogen (secondary N) is 1. The number of carbonyl (C=O) groups excluding carboxylic acids is 1. The van der Waals surface area contributed by atoms with Crippen molar-refractivity contribution in [3.63, 3.8) is 0 Å². The fraction of sp³-hybridized carbons (Fsp3) is 0.500. The van der Waals surface area contributed by atoms with E-state index in [0.29, 0.717) is 6.61 Å². The number of carboxylic acids is 1. The topological polar surface area (TPSA) is 88.5 Å². The fourth-order valence-corrected chi connectivity index (χ4v) is 1.88. The standard InChI is InChI=1S/C10H14N2O4S/c1-10(2,5-16-3)12-7(13)6-4-17-8(11-6)9(14)15/h4H,5H2,1-3H3,(H,12,13)(H,14,15). The molecule has 0 aliphatic carbocycles. The van der Waals surface area contributed by atoms with Crippen LogP contribution in [-0.2, 0) is 4.74 Å². The summed E-state index contributed by atoms with van der Waals surface area (Å²) in [6.07, 6.45) is 0. The molecule has 94 valence electrons. The van der Waals surface area contributed by atoms with E-state index in [2.05, 4.69) is 10.3 Å². The van der Waals surface area contributed by atoms with Crippen LogP contribution in [0, 0.1) is 0 Å². The SMILES string of the molecule is COCC(C)(C)NC(=O)c1csc(C(=O)O)n1. The van der Waals surface area contributed by atoms with Crippen LogP contribution in [-0.4, -0.2) is 41.2 Å². The average Bonchev–Trinajstić information content (AvgIpc) is 2.64. The van der Waals surface area contributed by atoms with Gasteiger partial charge in [-0.25, -0.2) is 9.78 Å². The molecular weight excluding hydrogens is 244 g/mol. The number of hydrogen-bond acceptors (Lipinski definition) is 5. The minimum atomic E-state index is -1.13. The summed E-state index contributed by atoms with van der Waals surface area (Å²) in [5.41, 5.74) is -0.421. The number of aromatic nitrogens is 1. The van der Waals surface area contributed by atoms with Crippen LogP contribution in [0.5, 0.6) is 0 Å². The summed E-state index contributed by atoms with van der Waals surface area (Å²) in [5.74, 6) is -1.54. The van der Waals surface area contributed by atoms with Crippen molar-refractivity contribution in [2.24, 2.45) is 0 Å². The third-order valence-corrected chi connectivity index (χ3v) is 2.71. The lowest BCUT2D eigenvalue weighted by Gasteiger charge is -2.24. The van der Waals surface area contributed by atoms with Gasteiger partial charge >= 0.3 is 5.97 Å². The number of hydrogen-bond donors (Lipinski definition) is 2. The van der Waals surface area contributed by atoms with Crippen molar-refractivity contribution < 1.29 is 19.4 Å². The van der Waals surface area contributed by atoms with E-state index >= 15 is 0 Å². The van der Waals surface area contributed by atoms with E-state index in [1.807, 2.05) is 0 Å². The lowest BCUT2D eigenvalue weighted by atomic mass is 10.1. The average molecular weight is 258 g/mol. The zero-order valence-electron chi connectivity index (χ0n) is 9.81. The van der Waals surface area contributed by atoms with E-state index in [0.717, 1.165) is 11.3 Å². The molecule has 0 spiro atoms. The number of methoxy groups -OCH3 is 1. The van der Waals surface area contributed by atoms with Gasteiger partial charge < -0.3 is 15.2 Å². The molecule has 0 fully saturated rings. The van der Waals surface area contributed by atoms with E-state index < -0.39 is 17.4 Å². The highest BCUT2D eigenvalue weighted by atomic mass is 32.1. The van der Waals surface area contributed by atoms with Crippen molar-refractivity contribution in [3.8, 4) is 0 Å². The molecule has 0 aromatic carbocycles. The first kappa shape index (κ1) is 13.6. The Morgan fingerprint density at radius 2 is 2.24 bits per heavy atom. The van der Waals surface area contributed by atoms with Gasteiger partial charge in [-0.2, -0.15) is 0 Å². The first-order chi connectivity index (χ1) is 7.85. The van der Waals surface area contributed by atoms with Gasteiger partial charge in [-0.15, -0.1) is 11.3 Å². The van der Waals surface area contributed by atoms with Crippen molar-refractivity contribution in [3.05, 3.63) is 16.1 Å². The smallest absolute Gasteiger partial charge is 0.365 e. The van der Waals surface area contributed by atoms with Crippen molar-refractivity contribution in [1.82, 2.24) is 10.3 Å². The van der Waals surface area contributed by atoms with E-state index in [9.17, 15) is 9.59 Å². The Hall–Kier alpha value is -1.47. The summed E-state index contributed by atoms with van der Waals surface area (Å²) < 4.78 is 4.96. The van der Waals surface area contributed by atoms with E-state index in [-0.39, 0.29) is 10.7 Å². The van der Waals surface area contributed by atoms with Crippen LogP contribution in [0.15, 0.2) is 5.38 Å². The first-order valence-corrected chi connectivity index (χ1v) is 5.74. The Labute approximate surface area is 103 Å². The second-order valence-corrected chi connectivity index (χ2v) is 4.97. The Morgan fingerprint density at radius 1 is 1.59 bits per heavy atom. The van der Waals surface area contributed by atoms with Gasteiger partial charge in [-0.3, -0.25) is 4.79 Å². The molecule has 1 heterocycles. The Bertz CT molecular complexity index is 428. The van der Waals surface area contributed by atoms with Gasteiger partial charge in [0.1, 0.15) is 5.69 Å². The summed E-state index contributed by atoms with van der Waals surface area (Å²) in [5, 5.41) is 12.7. The van der Waals surface area contributed by atoms with Crippen LogP contribution in [0.2, 0.25) is 0 Å². The molecule has 1 amide bonds. The molecule has 0 saturated heterocycles. The summed E-state index contributed by atoms with van der Waals surface area (Å²) >= 11 is 0.923. The first-order valence-electron chi connectivity index (χ1n) is 4.86. The number of carboxylic acid groups (broad SMARTS) is 1. The quantitative estimate of drug-likeness (QED) is 0.822. The Balaban J connectivity index is 2.73. The molecule has 0 saturated carbocycles. The maximum absolute atomic E-state index is 11.8. The minimum Gasteiger partial charge on any atom is -0.476 e. The van der Waals surface area contributed by atoms with Gasteiger partial charge in [0, 0.05) is 12.5 Å². The number of aromatic carboxylic acids is 1. The van der Waals surface area contributed by atoms with Gasteiger partial charge in [0.25, 0.3) is 5.91 Å². The molecule has 0 radical (unpaired) electrons. The summed E-state index contributed by atoms with van der Waals surface area (Å²) in [6, 6.07) is 0.